The van der Waals surface area contributed by atoms with Crippen molar-refractivity contribution in [2.45, 2.75) is 37.8 Å². The molecule has 0 aliphatic carbocycles. The quantitative estimate of drug-likeness (QED) is 0.267. The van der Waals surface area contributed by atoms with Crippen molar-refractivity contribution in [3.8, 4) is 23.0 Å². The van der Waals surface area contributed by atoms with Gasteiger partial charge in [-0.1, -0.05) is 19.1 Å². The van der Waals surface area contributed by atoms with E-state index in [0.717, 1.165) is 4.31 Å². The van der Waals surface area contributed by atoms with Crippen LogP contribution in [0.4, 0.5) is 10.1 Å². The van der Waals surface area contributed by atoms with Gasteiger partial charge in [-0.3, -0.25) is 13.9 Å². The fourth-order valence-corrected chi connectivity index (χ4v) is 5.81. The number of rotatable bonds is 15. The summed E-state index contributed by atoms with van der Waals surface area (Å²) in [6.07, 6.45) is 0.678. The maximum absolute atomic E-state index is 14.3. The highest BCUT2D eigenvalue weighted by molar-refractivity contribution is 7.92. The van der Waals surface area contributed by atoms with Gasteiger partial charge in [0.25, 0.3) is 10.0 Å². The molecule has 3 rings (SSSR count). The molecule has 2 amide bonds. The van der Waals surface area contributed by atoms with E-state index in [0.29, 0.717) is 30.0 Å². The maximum atomic E-state index is 14.3. The highest BCUT2D eigenvalue weighted by Crippen LogP contribution is 2.37. The number of nitrogens with one attached hydrogen (secondary N) is 1. The van der Waals surface area contributed by atoms with Crippen molar-refractivity contribution < 1.29 is 41.3 Å². The van der Waals surface area contributed by atoms with E-state index in [1.54, 1.807) is 13.0 Å². The van der Waals surface area contributed by atoms with Crippen molar-refractivity contribution in [1.82, 2.24) is 10.2 Å². The normalized spacial score (nSPS) is 11.7. The van der Waals surface area contributed by atoms with Crippen LogP contribution >= 0.6 is 0 Å². The predicted molar refractivity (Wildman–Crippen MR) is 163 cm³/mol. The molecule has 13 heteroatoms. The minimum atomic E-state index is -4.47. The molecule has 1 N–H and O–H groups in total. The first-order chi connectivity index (χ1) is 21.0. The molecule has 238 valence electrons. The van der Waals surface area contributed by atoms with Crippen LogP contribution in [0.1, 0.15) is 25.8 Å². The summed E-state index contributed by atoms with van der Waals surface area (Å²) in [6.45, 7) is 3.03. The summed E-state index contributed by atoms with van der Waals surface area (Å²) in [5, 5.41) is 2.77. The van der Waals surface area contributed by atoms with Gasteiger partial charge in [0.15, 0.2) is 11.5 Å². The molecule has 44 heavy (non-hydrogen) atoms. The Balaban J connectivity index is 2.15. The molecule has 3 aromatic carbocycles. The summed E-state index contributed by atoms with van der Waals surface area (Å²) in [6, 6.07) is 13.1. The summed E-state index contributed by atoms with van der Waals surface area (Å²) in [4.78, 5) is 28.2. The van der Waals surface area contributed by atoms with Crippen molar-refractivity contribution in [3.63, 3.8) is 0 Å². The number of benzene rings is 3. The summed E-state index contributed by atoms with van der Waals surface area (Å²) in [5.74, 6) is -0.629. The van der Waals surface area contributed by atoms with E-state index in [-0.39, 0.29) is 28.6 Å². The SMILES string of the molecule is CCCNC(=O)[C@H](C)N(Cc1ccc(F)cc1)C(=O)CN(c1cc(OC)ccc1OC)S(=O)(=O)c1ccc(OC)c(OC)c1. The number of halogens is 1. The molecule has 0 aliphatic rings. The first-order valence-corrected chi connectivity index (χ1v) is 15.2. The number of carbonyl (C=O) groups is 2. The smallest absolute Gasteiger partial charge is 0.265 e. The van der Waals surface area contributed by atoms with Crippen molar-refractivity contribution in [3.05, 3.63) is 72.0 Å². The fraction of sp³-hybridized carbons (Fsp3) is 0.355. The molecule has 0 saturated carbocycles. The minimum Gasteiger partial charge on any atom is -0.497 e. The Morgan fingerprint density at radius 2 is 1.50 bits per heavy atom. The first kappa shape index (κ1) is 34.0. The van der Waals surface area contributed by atoms with Gasteiger partial charge in [-0.05, 0) is 55.3 Å². The molecule has 0 aliphatic heterocycles. The van der Waals surface area contributed by atoms with Crippen LogP contribution in [0.3, 0.4) is 0 Å². The molecule has 0 saturated heterocycles. The Bertz CT molecular complexity index is 1550. The molecular formula is C31H38FN3O8S. The molecule has 11 nitrogen and oxygen atoms in total. The van der Waals surface area contributed by atoms with Crippen LogP contribution in [0, 0.1) is 5.82 Å². The van der Waals surface area contributed by atoms with Gasteiger partial charge < -0.3 is 29.2 Å². The Kier molecular flexibility index (Phi) is 11.8. The van der Waals surface area contributed by atoms with Gasteiger partial charge in [-0.15, -0.1) is 0 Å². The molecule has 0 radical (unpaired) electrons. The van der Waals surface area contributed by atoms with Crippen molar-refractivity contribution in [2.24, 2.45) is 0 Å². The van der Waals surface area contributed by atoms with Crippen LogP contribution in [0.15, 0.2) is 65.6 Å². The average Bonchev–Trinajstić information content (AvgIpc) is 3.04. The van der Waals surface area contributed by atoms with E-state index < -0.39 is 40.2 Å². The number of nitrogens with zero attached hydrogens (tertiary/aromatic N) is 2. The number of methoxy groups -OCH3 is 4. The number of anilines is 1. The van der Waals surface area contributed by atoms with E-state index in [1.807, 2.05) is 6.92 Å². The zero-order valence-corrected chi connectivity index (χ0v) is 26.4. The molecule has 0 heterocycles. The summed E-state index contributed by atoms with van der Waals surface area (Å²) in [7, 11) is 1.12. The summed E-state index contributed by atoms with van der Waals surface area (Å²) >= 11 is 0. The van der Waals surface area contributed by atoms with E-state index >= 15 is 0 Å². The predicted octanol–water partition coefficient (Wildman–Crippen LogP) is 4.00. The van der Waals surface area contributed by atoms with E-state index in [2.05, 4.69) is 5.32 Å². The number of sulfonamides is 1. The lowest BCUT2D eigenvalue weighted by Gasteiger charge is -2.32. The van der Waals surface area contributed by atoms with Crippen LogP contribution in [-0.2, 0) is 26.2 Å². The Morgan fingerprint density at radius 1 is 0.864 bits per heavy atom. The number of hydrogen-bond donors (Lipinski definition) is 1. The second kappa shape index (κ2) is 15.3. The van der Waals surface area contributed by atoms with Crippen molar-refractivity contribution >= 4 is 27.5 Å². The number of amides is 2. The highest BCUT2D eigenvalue weighted by atomic mass is 32.2. The Hall–Kier alpha value is -4.52. The third kappa shape index (κ3) is 7.90. The third-order valence-corrected chi connectivity index (χ3v) is 8.62. The first-order valence-electron chi connectivity index (χ1n) is 13.8. The molecular weight excluding hydrogens is 593 g/mol. The molecule has 0 aromatic heterocycles. The average molecular weight is 632 g/mol. The summed E-state index contributed by atoms with van der Waals surface area (Å²) < 4.78 is 64.6. The van der Waals surface area contributed by atoms with Gasteiger partial charge in [-0.25, -0.2) is 12.8 Å². The molecule has 0 fully saturated rings. The van der Waals surface area contributed by atoms with E-state index in [4.69, 9.17) is 18.9 Å². The third-order valence-electron chi connectivity index (χ3n) is 6.86. The summed E-state index contributed by atoms with van der Waals surface area (Å²) in [5.41, 5.74) is 0.572. The largest absolute Gasteiger partial charge is 0.497 e. The van der Waals surface area contributed by atoms with Gasteiger partial charge in [0.05, 0.1) is 39.0 Å². The minimum absolute atomic E-state index is 0.0276. The topological polar surface area (TPSA) is 124 Å². The van der Waals surface area contributed by atoms with Crippen LogP contribution in [0.2, 0.25) is 0 Å². The molecule has 0 bridgehead atoms. The molecule has 3 aromatic rings. The monoisotopic (exact) mass is 631 g/mol. The molecule has 1 atom stereocenters. The van der Waals surface area contributed by atoms with Crippen LogP contribution in [0.5, 0.6) is 23.0 Å². The zero-order chi connectivity index (χ0) is 32.4. The van der Waals surface area contributed by atoms with Gasteiger partial charge in [-0.2, -0.15) is 0 Å². The van der Waals surface area contributed by atoms with Gasteiger partial charge in [0.2, 0.25) is 11.8 Å². The van der Waals surface area contributed by atoms with Crippen molar-refractivity contribution in [1.29, 1.82) is 0 Å². The lowest BCUT2D eigenvalue weighted by atomic mass is 10.1. The number of ether oxygens (including phenoxy) is 4. The second-order valence-electron chi connectivity index (χ2n) is 9.68. The van der Waals surface area contributed by atoms with E-state index in [9.17, 15) is 22.4 Å². The van der Waals surface area contributed by atoms with Crippen LogP contribution in [0.25, 0.3) is 0 Å². The van der Waals surface area contributed by atoms with Gasteiger partial charge >= 0.3 is 0 Å². The second-order valence-corrected chi connectivity index (χ2v) is 11.5. The van der Waals surface area contributed by atoms with Crippen LogP contribution in [-0.4, -0.2) is 72.7 Å². The zero-order valence-electron chi connectivity index (χ0n) is 25.6. The standard InChI is InChI=1S/C31H38FN3O8S/c1-7-16-33-31(37)21(2)34(19-22-8-10-23(32)11-9-22)30(36)20-35(26-17-24(40-3)12-14-27(26)41-4)44(38,39)25-13-15-28(42-5)29(18-25)43-6/h8-15,17-18,21H,7,16,19-20H2,1-6H3,(H,33,37)/t21-/m0/s1. The van der Waals surface area contributed by atoms with Crippen LogP contribution < -0.4 is 28.6 Å². The van der Waals surface area contributed by atoms with Gasteiger partial charge in [0.1, 0.15) is 29.9 Å². The fourth-order valence-electron chi connectivity index (χ4n) is 4.37. The lowest BCUT2D eigenvalue weighted by Crippen LogP contribution is -2.51. The Labute approximate surface area is 257 Å². The number of hydrogen-bond acceptors (Lipinski definition) is 8. The molecule has 0 spiro atoms. The van der Waals surface area contributed by atoms with Gasteiger partial charge in [0, 0.05) is 25.2 Å². The molecule has 0 unspecified atom stereocenters. The number of carbonyl (C=O) groups excluding carboxylic acids is 2. The van der Waals surface area contributed by atoms with E-state index in [1.165, 1.54) is 87.9 Å². The Morgan fingerprint density at radius 3 is 2.09 bits per heavy atom. The lowest BCUT2D eigenvalue weighted by molar-refractivity contribution is -0.139. The highest BCUT2D eigenvalue weighted by Gasteiger charge is 2.34. The maximum Gasteiger partial charge on any atom is 0.265 e. The van der Waals surface area contributed by atoms with Crippen molar-refractivity contribution in [2.75, 3.05) is 45.8 Å².